The first-order valence-corrected chi connectivity index (χ1v) is 7.57. The number of hydrogen-bond acceptors (Lipinski definition) is 2. The molecule has 0 aliphatic rings. The van der Waals surface area contributed by atoms with Crippen LogP contribution in [0.25, 0.3) is 0 Å². The summed E-state index contributed by atoms with van der Waals surface area (Å²) in [6, 6.07) is 13.1. The summed E-state index contributed by atoms with van der Waals surface area (Å²) in [7, 11) is 0. The van der Waals surface area contributed by atoms with Crippen molar-refractivity contribution in [3.05, 3.63) is 64.9 Å². The molecule has 0 saturated carbocycles. The zero-order valence-electron chi connectivity index (χ0n) is 9.75. The summed E-state index contributed by atoms with van der Waals surface area (Å²) in [4.78, 5) is 4.33. The Balaban J connectivity index is 2.28. The number of halogens is 1. The maximum atomic E-state index is 10.5. The summed E-state index contributed by atoms with van der Waals surface area (Å²) < 4.78 is 0. The van der Waals surface area contributed by atoms with Crippen molar-refractivity contribution in [2.45, 2.75) is 17.3 Å². The Labute approximate surface area is 120 Å². The number of nitrogens with zero attached hydrogens (tertiary/aromatic N) is 1. The van der Waals surface area contributed by atoms with E-state index in [-0.39, 0.29) is 5.92 Å². The van der Waals surface area contributed by atoms with Crippen LogP contribution in [0.3, 0.4) is 0 Å². The van der Waals surface area contributed by atoms with Gasteiger partial charge in [0.15, 0.2) is 0 Å². The molecule has 1 heterocycles. The molecular weight excluding hydrogens is 306 g/mol. The van der Waals surface area contributed by atoms with Crippen molar-refractivity contribution in [3.8, 4) is 0 Å². The zero-order valence-corrected chi connectivity index (χ0v) is 12.6. The number of aliphatic hydroxyl groups excluding tert-OH is 1. The molecule has 0 unspecified atom stereocenters. The predicted octanol–water partition coefficient (Wildman–Crippen LogP) is 3.14. The topological polar surface area (TPSA) is 33.1 Å². The Hall–Kier alpha value is -0.837. The summed E-state index contributed by atoms with van der Waals surface area (Å²) in [5.41, 5.74) is 1.74. The SMILES string of the molecule is O[C@H](c1cccc(Cl)c1)[C@@H]([CH2][Ge])c1ccccn1. The number of aliphatic hydroxyl groups is 1. The summed E-state index contributed by atoms with van der Waals surface area (Å²) >= 11 is 8.00. The molecule has 0 spiro atoms. The van der Waals surface area contributed by atoms with Crippen molar-refractivity contribution in [1.82, 2.24) is 4.98 Å². The molecule has 3 radical (unpaired) electrons. The van der Waals surface area contributed by atoms with E-state index in [2.05, 4.69) is 4.98 Å². The van der Waals surface area contributed by atoms with Crippen LogP contribution in [0.4, 0.5) is 0 Å². The molecule has 0 fully saturated rings. The summed E-state index contributed by atoms with van der Waals surface area (Å²) in [5.74, 6) is -0.00957. The monoisotopic (exact) mass is 320 g/mol. The van der Waals surface area contributed by atoms with Crippen LogP contribution in [0.5, 0.6) is 0 Å². The molecule has 1 aromatic heterocycles. The molecule has 0 amide bonds. The van der Waals surface area contributed by atoms with Gasteiger partial charge in [0.2, 0.25) is 0 Å². The molecule has 2 atom stereocenters. The normalized spacial score (nSPS) is 14.2. The van der Waals surface area contributed by atoms with Crippen LogP contribution in [-0.4, -0.2) is 26.6 Å². The van der Waals surface area contributed by atoms with Crippen LogP contribution < -0.4 is 0 Å². The van der Waals surface area contributed by atoms with Crippen molar-refractivity contribution in [2.24, 2.45) is 0 Å². The number of rotatable bonds is 4. The minimum absolute atomic E-state index is 0.00957. The summed E-state index contributed by atoms with van der Waals surface area (Å²) in [5, 5.41) is 11.9. The molecule has 2 aromatic rings. The maximum absolute atomic E-state index is 10.5. The van der Waals surface area contributed by atoms with Crippen molar-refractivity contribution in [1.29, 1.82) is 0 Å². The molecule has 0 saturated heterocycles. The van der Waals surface area contributed by atoms with Gasteiger partial charge in [-0.3, -0.25) is 0 Å². The average molecular weight is 319 g/mol. The van der Waals surface area contributed by atoms with E-state index in [1.807, 2.05) is 46.8 Å². The summed E-state index contributed by atoms with van der Waals surface area (Å²) in [6.07, 6.45) is 1.17. The molecule has 0 aliphatic carbocycles. The Morgan fingerprint density at radius 3 is 2.67 bits per heavy atom. The number of aromatic nitrogens is 1. The van der Waals surface area contributed by atoms with Crippen LogP contribution in [0.15, 0.2) is 48.7 Å². The summed E-state index contributed by atoms with van der Waals surface area (Å²) in [6.45, 7) is 0. The third-order valence-electron chi connectivity index (χ3n) is 2.86. The van der Waals surface area contributed by atoms with E-state index in [1.54, 1.807) is 18.3 Å². The van der Waals surface area contributed by atoms with Gasteiger partial charge in [-0.15, -0.1) is 0 Å². The molecule has 4 heteroatoms. The molecule has 1 aromatic carbocycles. The third-order valence-corrected chi connectivity index (χ3v) is 4.02. The fraction of sp³-hybridized carbons (Fsp3) is 0.214. The predicted molar refractivity (Wildman–Crippen MR) is 74.0 cm³/mol. The number of benzene rings is 1. The van der Waals surface area contributed by atoms with E-state index in [0.29, 0.717) is 5.02 Å². The zero-order chi connectivity index (χ0) is 13.0. The van der Waals surface area contributed by atoms with Crippen molar-refractivity contribution in [3.63, 3.8) is 0 Å². The molecule has 1 N–H and O–H groups in total. The second-order valence-corrected chi connectivity index (χ2v) is 5.36. The van der Waals surface area contributed by atoms with Crippen LogP contribution in [-0.2, 0) is 0 Å². The molecule has 91 valence electrons. The van der Waals surface area contributed by atoms with E-state index < -0.39 is 6.10 Å². The number of hydrogen-bond donors (Lipinski definition) is 1. The average Bonchev–Trinajstić information content (AvgIpc) is 2.41. The first-order valence-electron chi connectivity index (χ1n) is 5.71. The van der Waals surface area contributed by atoms with E-state index in [0.717, 1.165) is 16.5 Å². The quantitative estimate of drug-likeness (QED) is 0.878. The Kier molecular flexibility index (Phi) is 4.81. The molecule has 0 bridgehead atoms. The van der Waals surface area contributed by atoms with Crippen molar-refractivity contribution in [2.75, 3.05) is 0 Å². The van der Waals surface area contributed by atoms with Gasteiger partial charge in [-0.25, -0.2) is 0 Å². The Morgan fingerprint density at radius 1 is 1.22 bits per heavy atom. The first-order chi connectivity index (χ1) is 8.72. The Morgan fingerprint density at radius 2 is 2.06 bits per heavy atom. The van der Waals surface area contributed by atoms with Crippen molar-refractivity contribution >= 4 is 28.1 Å². The molecule has 0 aliphatic heterocycles. The second kappa shape index (κ2) is 6.36. The molecule has 18 heavy (non-hydrogen) atoms. The molecule has 2 rings (SSSR count). The standard InChI is InChI=1S/C14H13ClGeNO/c15-11-5-3-4-10(8-11)14(18)12(9-16)13-6-1-2-7-17-13/h1-8,12,14,18H,9H2/t12-,14+/m0/s1. The van der Waals surface area contributed by atoms with Gasteiger partial charge in [-0.05, 0) is 0 Å². The van der Waals surface area contributed by atoms with Gasteiger partial charge >= 0.3 is 120 Å². The minimum atomic E-state index is -0.580. The first kappa shape index (κ1) is 13.6. The Bertz CT molecular complexity index is 506. The number of pyridine rings is 1. The second-order valence-electron chi connectivity index (χ2n) is 4.07. The van der Waals surface area contributed by atoms with Gasteiger partial charge in [0.25, 0.3) is 0 Å². The van der Waals surface area contributed by atoms with Gasteiger partial charge in [-0.2, -0.15) is 0 Å². The van der Waals surface area contributed by atoms with Gasteiger partial charge in [0, 0.05) is 0 Å². The van der Waals surface area contributed by atoms with Gasteiger partial charge in [0.1, 0.15) is 0 Å². The fourth-order valence-electron chi connectivity index (χ4n) is 1.90. The van der Waals surface area contributed by atoms with Gasteiger partial charge in [-0.1, -0.05) is 0 Å². The van der Waals surface area contributed by atoms with Gasteiger partial charge in [0.05, 0.1) is 0 Å². The van der Waals surface area contributed by atoms with E-state index in [4.69, 9.17) is 11.6 Å². The van der Waals surface area contributed by atoms with Gasteiger partial charge < -0.3 is 0 Å². The molecule has 2 nitrogen and oxygen atoms in total. The van der Waals surface area contributed by atoms with E-state index in [9.17, 15) is 5.11 Å². The van der Waals surface area contributed by atoms with Crippen LogP contribution >= 0.6 is 11.6 Å². The fourth-order valence-corrected chi connectivity index (χ4v) is 3.00. The molecular formula is C14H13ClGeNO. The van der Waals surface area contributed by atoms with Crippen molar-refractivity contribution < 1.29 is 5.11 Å². The van der Waals surface area contributed by atoms with Crippen LogP contribution in [0, 0.1) is 0 Å². The van der Waals surface area contributed by atoms with E-state index >= 15 is 0 Å². The third kappa shape index (κ3) is 3.13. The van der Waals surface area contributed by atoms with Crippen LogP contribution in [0.2, 0.25) is 10.3 Å². The van der Waals surface area contributed by atoms with E-state index in [1.165, 1.54) is 0 Å². The van der Waals surface area contributed by atoms with Crippen LogP contribution in [0.1, 0.15) is 23.3 Å².